The fourth-order valence-electron chi connectivity index (χ4n) is 1.28. The van der Waals surface area contributed by atoms with E-state index >= 15 is 0 Å². The van der Waals surface area contributed by atoms with E-state index in [4.69, 9.17) is 0 Å². The van der Waals surface area contributed by atoms with Gasteiger partial charge in [-0.05, 0) is 46.0 Å². The Kier molecular flexibility index (Phi) is 22.7. The van der Waals surface area contributed by atoms with Gasteiger partial charge in [-0.15, -0.1) is 6.58 Å². The van der Waals surface area contributed by atoms with Gasteiger partial charge in [-0.25, -0.2) is 0 Å². The van der Waals surface area contributed by atoms with Crippen LogP contribution < -0.4 is 0 Å². The summed E-state index contributed by atoms with van der Waals surface area (Å²) in [7, 11) is 0. The molecule has 1 unspecified atom stereocenters. The van der Waals surface area contributed by atoms with E-state index in [0.29, 0.717) is 5.92 Å². The van der Waals surface area contributed by atoms with Crippen molar-refractivity contribution in [1.82, 2.24) is 0 Å². The van der Waals surface area contributed by atoms with Crippen molar-refractivity contribution in [2.24, 2.45) is 5.92 Å². The van der Waals surface area contributed by atoms with E-state index < -0.39 is 0 Å². The van der Waals surface area contributed by atoms with Crippen molar-refractivity contribution in [1.29, 1.82) is 0 Å². The molecule has 142 valence electrons. The second-order valence-corrected chi connectivity index (χ2v) is 6.58. The molecule has 0 heterocycles. The van der Waals surface area contributed by atoms with Gasteiger partial charge in [-0.1, -0.05) is 106 Å². The van der Waals surface area contributed by atoms with E-state index in [2.05, 4.69) is 59.4 Å². The smallest absolute Gasteiger partial charge is 0.0230 e. The van der Waals surface area contributed by atoms with Gasteiger partial charge in [0.1, 0.15) is 0 Å². The zero-order valence-electron chi connectivity index (χ0n) is 17.7. The van der Waals surface area contributed by atoms with E-state index in [1.165, 1.54) is 24.8 Å². The molecular weight excluding hydrogens is 300 g/mol. The summed E-state index contributed by atoms with van der Waals surface area (Å²) in [5.41, 5.74) is 4.41. The van der Waals surface area contributed by atoms with Gasteiger partial charge in [0.2, 0.25) is 0 Å². The lowest BCUT2D eigenvalue weighted by molar-refractivity contribution is 0.720. The van der Waals surface area contributed by atoms with Gasteiger partial charge in [0, 0.05) is 0 Å². The highest BCUT2D eigenvalue weighted by Crippen LogP contribution is 2.06. The highest BCUT2D eigenvalue weighted by Gasteiger charge is 1.89. The molecule has 25 heavy (non-hydrogen) atoms. The fourth-order valence-corrected chi connectivity index (χ4v) is 1.28. The summed E-state index contributed by atoms with van der Waals surface area (Å²) >= 11 is 0. The first-order valence-electron chi connectivity index (χ1n) is 9.18. The number of rotatable bonds is 10. The maximum Gasteiger partial charge on any atom is -0.0230 e. The summed E-state index contributed by atoms with van der Waals surface area (Å²) in [4.78, 5) is 0. The van der Waals surface area contributed by atoms with Crippen LogP contribution in [0.25, 0.3) is 0 Å². The second-order valence-electron chi connectivity index (χ2n) is 6.58. The third-order valence-electron chi connectivity index (χ3n) is 3.43. The molecule has 0 aliphatic carbocycles. The first-order valence-corrected chi connectivity index (χ1v) is 9.18. The Balaban J connectivity index is -0.000000300. The van der Waals surface area contributed by atoms with Gasteiger partial charge in [0.25, 0.3) is 0 Å². The zero-order valence-corrected chi connectivity index (χ0v) is 17.7. The van der Waals surface area contributed by atoms with Crippen LogP contribution in [0, 0.1) is 5.92 Å². The summed E-state index contributed by atoms with van der Waals surface area (Å²) in [5, 5.41) is 0. The highest BCUT2D eigenvalue weighted by molar-refractivity contribution is 5.19. The van der Waals surface area contributed by atoms with Crippen molar-refractivity contribution >= 4 is 0 Å². The van der Waals surface area contributed by atoms with Gasteiger partial charge in [-0.2, -0.15) is 0 Å². The highest BCUT2D eigenvalue weighted by atomic mass is 13.9. The van der Waals surface area contributed by atoms with Crippen molar-refractivity contribution in [3.05, 3.63) is 86.1 Å². The summed E-state index contributed by atoms with van der Waals surface area (Å²) in [6.45, 7) is 32.5. The first kappa shape index (κ1) is 28.0. The lowest BCUT2D eigenvalue weighted by Gasteiger charge is -1.97. The molecule has 0 saturated heterocycles. The predicted molar refractivity (Wildman–Crippen MR) is 121 cm³/mol. The maximum absolute atomic E-state index is 3.83. The molecule has 0 fully saturated rings. The molecule has 0 aromatic rings. The van der Waals surface area contributed by atoms with Crippen LogP contribution in [0.1, 0.15) is 66.7 Å². The standard InChI is InChI=1S/C10H16.C9H16.C6H10/c1-5-10(4)8-6-7-9(2)3;1-4-6-7-8-9(3)5-2;1-5(2)6(3)4/h5-7,10H,1-2,8H2,3-4H3;5H,2-4,6-8H2,1H3;1,3H2,2,4H3. The van der Waals surface area contributed by atoms with Crippen molar-refractivity contribution in [3.63, 3.8) is 0 Å². The molecule has 0 aliphatic heterocycles. The monoisotopic (exact) mass is 342 g/mol. The SMILES string of the molecule is C=C(C)C(=C)C.C=CC(=C)CCCCC.C=CC(C)CC=CC(=C)C. The Morgan fingerprint density at radius 2 is 1.44 bits per heavy atom. The van der Waals surface area contributed by atoms with Crippen molar-refractivity contribution in [2.75, 3.05) is 0 Å². The molecule has 0 nitrogen and oxygen atoms in total. The summed E-state index contributed by atoms with van der Waals surface area (Å²) < 4.78 is 0. The molecule has 0 saturated carbocycles. The minimum Gasteiger partial charge on any atom is -0.103 e. The Morgan fingerprint density at radius 3 is 1.76 bits per heavy atom. The number of hydrogen-bond acceptors (Lipinski definition) is 0. The predicted octanol–water partition coefficient (Wildman–Crippen LogP) is 8.78. The van der Waals surface area contributed by atoms with Crippen LogP contribution in [0.3, 0.4) is 0 Å². The van der Waals surface area contributed by atoms with Crippen molar-refractivity contribution < 1.29 is 0 Å². The van der Waals surface area contributed by atoms with Gasteiger partial charge in [0.05, 0.1) is 0 Å². The van der Waals surface area contributed by atoms with Gasteiger partial charge in [0.15, 0.2) is 0 Å². The normalized spacial score (nSPS) is 10.4. The Bertz CT molecular complexity index is 431. The fraction of sp³-hybridized carbons (Fsp3) is 0.440. The molecule has 0 spiro atoms. The zero-order chi connectivity index (χ0) is 20.3. The lowest BCUT2D eigenvalue weighted by atomic mass is 10.1. The van der Waals surface area contributed by atoms with Crippen LogP contribution >= 0.6 is 0 Å². The minimum atomic E-state index is 0.579. The topological polar surface area (TPSA) is 0 Å². The average molecular weight is 343 g/mol. The van der Waals surface area contributed by atoms with E-state index in [1.54, 1.807) is 0 Å². The number of allylic oxidation sites excluding steroid dienone is 8. The number of hydrogen-bond donors (Lipinski definition) is 0. The van der Waals surface area contributed by atoms with Crippen LogP contribution in [-0.4, -0.2) is 0 Å². The molecule has 0 bridgehead atoms. The molecular formula is C25H42. The quantitative estimate of drug-likeness (QED) is 0.211. The van der Waals surface area contributed by atoms with Crippen LogP contribution in [0.4, 0.5) is 0 Å². The molecule has 0 radical (unpaired) electrons. The third-order valence-corrected chi connectivity index (χ3v) is 3.43. The van der Waals surface area contributed by atoms with E-state index in [-0.39, 0.29) is 0 Å². The van der Waals surface area contributed by atoms with Crippen LogP contribution in [0.2, 0.25) is 0 Å². The van der Waals surface area contributed by atoms with Crippen LogP contribution in [0.15, 0.2) is 86.1 Å². The van der Waals surface area contributed by atoms with Crippen molar-refractivity contribution in [2.45, 2.75) is 66.7 Å². The summed E-state index contributed by atoms with van der Waals surface area (Å²) in [6, 6.07) is 0. The van der Waals surface area contributed by atoms with Crippen LogP contribution in [-0.2, 0) is 0 Å². The molecule has 0 amide bonds. The maximum atomic E-state index is 3.83. The van der Waals surface area contributed by atoms with Gasteiger partial charge in [-0.3, -0.25) is 0 Å². The van der Waals surface area contributed by atoms with Crippen LogP contribution in [0.5, 0.6) is 0 Å². The summed E-state index contributed by atoms with van der Waals surface area (Å²) in [5.74, 6) is 0.579. The van der Waals surface area contributed by atoms with E-state index in [0.717, 1.165) is 29.6 Å². The van der Waals surface area contributed by atoms with E-state index in [9.17, 15) is 0 Å². The van der Waals surface area contributed by atoms with Gasteiger partial charge >= 0.3 is 0 Å². The van der Waals surface area contributed by atoms with E-state index in [1.807, 2.05) is 39.0 Å². The second kappa shape index (κ2) is 20.2. The Labute approximate surface area is 159 Å². The summed E-state index contributed by atoms with van der Waals surface area (Å²) in [6.07, 6.45) is 14.0. The minimum absolute atomic E-state index is 0.579. The first-order chi connectivity index (χ1) is 11.6. The molecule has 0 aromatic heterocycles. The van der Waals surface area contributed by atoms with Crippen molar-refractivity contribution in [3.8, 4) is 0 Å². The average Bonchev–Trinajstić information content (AvgIpc) is 2.55. The molecule has 0 N–H and O–H groups in total. The largest absolute Gasteiger partial charge is 0.103 e. The molecule has 0 heteroatoms. The Morgan fingerprint density at radius 1 is 0.920 bits per heavy atom. The molecule has 1 atom stereocenters. The molecule has 0 aromatic carbocycles. The third kappa shape index (κ3) is 30.6. The molecule has 0 aliphatic rings. The molecule has 0 rings (SSSR count). The number of unbranched alkanes of at least 4 members (excludes halogenated alkanes) is 2. The Hall–Kier alpha value is -1.82. The lowest BCUT2D eigenvalue weighted by Crippen LogP contribution is -1.83. The van der Waals surface area contributed by atoms with Gasteiger partial charge < -0.3 is 0 Å².